The van der Waals surface area contributed by atoms with Crippen molar-refractivity contribution in [3.05, 3.63) is 63.6 Å². The zero-order chi connectivity index (χ0) is 15.9. The van der Waals surface area contributed by atoms with Crippen LogP contribution in [0.15, 0.2) is 53.0 Å². The molecule has 4 nitrogen and oxygen atoms in total. The van der Waals surface area contributed by atoms with Gasteiger partial charge in [0.15, 0.2) is 0 Å². The molecule has 0 bridgehead atoms. The minimum atomic E-state index is -0.682. The van der Waals surface area contributed by atoms with Gasteiger partial charge in [0, 0.05) is 21.7 Å². The minimum Gasteiger partial charge on any atom is -0.347 e. The van der Waals surface area contributed by atoms with Gasteiger partial charge in [-0.05, 0) is 48.4 Å². The molecule has 2 aromatic carbocycles. The normalized spacial score (nSPS) is 10.1. The van der Waals surface area contributed by atoms with E-state index >= 15 is 0 Å². The molecule has 0 radical (unpaired) electrons. The fourth-order valence-electron chi connectivity index (χ4n) is 1.77. The maximum atomic E-state index is 11.7. The van der Waals surface area contributed by atoms with E-state index in [0.717, 1.165) is 10.0 Å². The topological polar surface area (TPSA) is 58.2 Å². The lowest BCUT2D eigenvalue weighted by Crippen LogP contribution is -2.36. The van der Waals surface area contributed by atoms with Gasteiger partial charge in [0.2, 0.25) is 0 Å². The van der Waals surface area contributed by atoms with Crippen molar-refractivity contribution in [1.82, 2.24) is 5.32 Å². The summed E-state index contributed by atoms with van der Waals surface area (Å²) in [6.45, 7) is 0.383. The van der Waals surface area contributed by atoms with Crippen LogP contribution in [0.3, 0.4) is 0 Å². The molecule has 22 heavy (non-hydrogen) atoms. The summed E-state index contributed by atoms with van der Waals surface area (Å²) in [5, 5.41) is 5.79. The third-order valence-corrected chi connectivity index (χ3v) is 3.70. The maximum Gasteiger partial charge on any atom is 0.313 e. The molecule has 2 amide bonds. The predicted octanol–water partition coefficient (Wildman–Crippen LogP) is 3.40. The molecule has 114 valence electrons. The van der Waals surface area contributed by atoms with Gasteiger partial charge in [-0.3, -0.25) is 9.59 Å². The van der Waals surface area contributed by atoms with E-state index in [1.165, 1.54) is 0 Å². The summed E-state index contributed by atoms with van der Waals surface area (Å²) in [5.41, 5.74) is 1.61. The van der Waals surface area contributed by atoms with Gasteiger partial charge in [0.1, 0.15) is 0 Å². The van der Waals surface area contributed by atoms with E-state index in [2.05, 4.69) is 26.6 Å². The van der Waals surface area contributed by atoms with E-state index in [9.17, 15) is 9.59 Å². The van der Waals surface area contributed by atoms with Crippen LogP contribution in [0.2, 0.25) is 5.02 Å². The minimum absolute atomic E-state index is 0.383. The largest absolute Gasteiger partial charge is 0.347 e. The van der Waals surface area contributed by atoms with Crippen LogP contribution < -0.4 is 10.6 Å². The van der Waals surface area contributed by atoms with Crippen molar-refractivity contribution in [2.45, 2.75) is 6.42 Å². The second-order valence-corrected chi connectivity index (χ2v) is 5.95. The van der Waals surface area contributed by atoms with Crippen molar-refractivity contribution < 1.29 is 9.59 Å². The lowest BCUT2D eigenvalue weighted by atomic mass is 10.1. The number of carbonyl (C=O) groups is 2. The molecule has 0 unspecified atom stereocenters. The van der Waals surface area contributed by atoms with Gasteiger partial charge in [-0.15, -0.1) is 0 Å². The number of anilines is 1. The molecule has 0 atom stereocenters. The number of amides is 2. The molecule has 0 heterocycles. The Bertz CT molecular complexity index is 657. The molecule has 0 spiro atoms. The summed E-state index contributed by atoms with van der Waals surface area (Å²) < 4.78 is 0.901. The number of halogens is 2. The molecule has 0 fully saturated rings. The summed E-state index contributed by atoms with van der Waals surface area (Å²) in [6, 6.07) is 14.3. The Balaban J connectivity index is 1.77. The summed E-state index contributed by atoms with van der Waals surface area (Å²) in [7, 11) is 0. The van der Waals surface area contributed by atoms with Crippen LogP contribution >= 0.6 is 27.5 Å². The Hall–Kier alpha value is -1.85. The van der Waals surface area contributed by atoms with Crippen molar-refractivity contribution in [3.63, 3.8) is 0 Å². The van der Waals surface area contributed by atoms with Gasteiger partial charge in [0.05, 0.1) is 0 Å². The van der Waals surface area contributed by atoms with Crippen molar-refractivity contribution in [1.29, 1.82) is 0 Å². The van der Waals surface area contributed by atoms with Crippen molar-refractivity contribution in [2.24, 2.45) is 0 Å². The predicted molar refractivity (Wildman–Crippen MR) is 90.9 cm³/mol. The monoisotopic (exact) mass is 380 g/mol. The Morgan fingerprint density at radius 3 is 2.23 bits per heavy atom. The van der Waals surface area contributed by atoms with E-state index in [4.69, 9.17) is 11.6 Å². The third kappa shape index (κ3) is 5.16. The van der Waals surface area contributed by atoms with Crippen LogP contribution in [0.5, 0.6) is 0 Å². The first-order valence-electron chi connectivity index (χ1n) is 6.64. The zero-order valence-corrected chi connectivity index (χ0v) is 13.9. The van der Waals surface area contributed by atoms with Crippen LogP contribution in [0.1, 0.15) is 5.56 Å². The van der Waals surface area contributed by atoms with Crippen LogP contribution in [-0.4, -0.2) is 18.4 Å². The summed E-state index contributed by atoms with van der Waals surface area (Å²) in [6.07, 6.45) is 0.633. The van der Waals surface area contributed by atoms with Gasteiger partial charge < -0.3 is 10.6 Å². The van der Waals surface area contributed by atoms with Gasteiger partial charge >= 0.3 is 11.8 Å². The molecule has 2 rings (SSSR count). The lowest BCUT2D eigenvalue weighted by Gasteiger charge is -2.07. The van der Waals surface area contributed by atoms with E-state index in [0.29, 0.717) is 23.7 Å². The van der Waals surface area contributed by atoms with Gasteiger partial charge in [-0.2, -0.15) is 0 Å². The summed E-state index contributed by atoms with van der Waals surface area (Å²) >= 11 is 9.10. The first-order chi connectivity index (χ1) is 10.5. The number of rotatable bonds is 4. The standard InChI is InChI=1S/C16H14BrClN2O2/c17-12-3-7-14(8-4-12)20-16(22)15(21)19-10-9-11-1-5-13(18)6-2-11/h1-8H,9-10H2,(H,19,21)(H,20,22). The Morgan fingerprint density at radius 2 is 1.59 bits per heavy atom. The maximum absolute atomic E-state index is 11.7. The number of hydrogen-bond donors (Lipinski definition) is 2. The Morgan fingerprint density at radius 1 is 0.955 bits per heavy atom. The molecular weight excluding hydrogens is 368 g/mol. The zero-order valence-electron chi connectivity index (χ0n) is 11.6. The van der Waals surface area contributed by atoms with Crippen LogP contribution in [0, 0.1) is 0 Å². The molecule has 0 aliphatic carbocycles. The first kappa shape index (κ1) is 16.5. The summed E-state index contributed by atoms with van der Waals surface area (Å²) in [4.78, 5) is 23.4. The van der Waals surface area contributed by atoms with Crippen molar-refractivity contribution >= 4 is 45.0 Å². The number of nitrogens with one attached hydrogen (secondary N) is 2. The SMILES string of the molecule is O=C(NCCc1ccc(Cl)cc1)C(=O)Nc1ccc(Br)cc1. The Labute approximate surface area is 142 Å². The van der Waals surface area contributed by atoms with Crippen molar-refractivity contribution in [3.8, 4) is 0 Å². The molecule has 0 aromatic heterocycles. The molecule has 0 aliphatic rings. The van der Waals surface area contributed by atoms with E-state index < -0.39 is 11.8 Å². The second-order valence-electron chi connectivity index (χ2n) is 4.59. The van der Waals surface area contributed by atoms with Crippen molar-refractivity contribution in [2.75, 3.05) is 11.9 Å². The molecule has 0 saturated heterocycles. The third-order valence-electron chi connectivity index (χ3n) is 2.92. The highest BCUT2D eigenvalue weighted by Crippen LogP contribution is 2.14. The molecule has 2 aromatic rings. The van der Waals surface area contributed by atoms with Gasteiger partial charge in [0.25, 0.3) is 0 Å². The molecular formula is C16H14BrClN2O2. The quantitative estimate of drug-likeness (QED) is 0.798. The van der Waals surface area contributed by atoms with Crippen LogP contribution in [-0.2, 0) is 16.0 Å². The number of hydrogen-bond acceptors (Lipinski definition) is 2. The fourth-order valence-corrected chi connectivity index (χ4v) is 2.16. The molecule has 0 aliphatic heterocycles. The average Bonchev–Trinajstić information content (AvgIpc) is 2.51. The van der Waals surface area contributed by atoms with Gasteiger partial charge in [-0.25, -0.2) is 0 Å². The highest BCUT2D eigenvalue weighted by molar-refractivity contribution is 9.10. The molecule has 0 saturated carbocycles. The van der Waals surface area contributed by atoms with E-state index in [-0.39, 0.29) is 0 Å². The number of carbonyl (C=O) groups excluding carboxylic acids is 2. The van der Waals surface area contributed by atoms with Crippen LogP contribution in [0.4, 0.5) is 5.69 Å². The highest BCUT2D eigenvalue weighted by Gasteiger charge is 2.12. The van der Waals surface area contributed by atoms with E-state index in [1.54, 1.807) is 36.4 Å². The highest BCUT2D eigenvalue weighted by atomic mass is 79.9. The molecule has 2 N–H and O–H groups in total. The Kier molecular flexibility index (Phi) is 5.98. The lowest BCUT2D eigenvalue weighted by molar-refractivity contribution is -0.136. The fraction of sp³-hybridized carbons (Fsp3) is 0.125. The molecule has 6 heteroatoms. The smallest absolute Gasteiger partial charge is 0.313 e. The van der Waals surface area contributed by atoms with E-state index in [1.807, 2.05) is 12.1 Å². The first-order valence-corrected chi connectivity index (χ1v) is 7.81. The van der Waals surface area contributed by atoms with Crippen LogP contribution in [0.25, 0.3) is 0 Å². The summed E-state index contributed by atoms with van der Waals surface area (Å²) in [5.74, 6) is -1.34. The second kappa shape index (κ2) is 7.96. The van der Waals surface area contributed by atoms with Gasteiger partial charge in [-0.1, -0.05) is 39.7 Å². The number of benzene rings is 2. The average molecular weight is 382 g/mol.